The largest absolute Gasteiger partial charge is 0.389 e. The summed E-state index contributed by atoms with van der Waals surface area (Å²) in [7, 11) is 2.04. The van der Waals surface area contributed by atoms with E-state index in [1.165, 1.54) is 11.1 Å². The Bertz CT molecular complexity index is 348. The van der Waals surface area contributed by atoms with E-state index in [1.807, 2.05) is 20.9 Å². The van der Waals surface area contributed by atoms with Crippen molar-refractivity contribution in [2.75, 3.05) is 13.6 Å². The molecule has 1 aromatic rings. The highest BCUT2D eigenvalue weighted by Gasteiger charge is 2.15. The minimum absolute atomic E-state index is 0.633. The molecule has 0 heterocycles. The molecule has 0 spiro atoms. The normalized spacial score (nSPS) is 12.4. The molecule has 0 aliphatic heterocycles. The molecule has 0 aliphatic carbocycles. The van der Waals surface area contributed by atoms with E-state index in [4.69, 9.17) is 0 Å². The molecule has 1 N–H and O–H groups in total. The van der Waals surface area contributed by atoms with Crippen molar-refractivity contribution >= 4 is 0 Å². The number of hydrogen-bond donors (Lipinski definition) is 1. The van der Waals surface area contributed by atoms with Crippen molar-refractivity contribution in [1.29, 1.82) is 0 Å². The van der Waals surface area contributed by atoms with Crippen molar-refractivity contribution in [2.24, 2.45) is 5.92 Å². The monoisotopic (exact) mass is 249 g/mol. The van der Waals surface area contributed by atoms with Crippen molar-refractivity contribution in [3.05, 3.63) is 35.4 Å². The van der Waals surface area contributed by atoms with E-state index in [0.29, 0.717) is 12.5 Å². The summed E-state index contributed by atoms with van der Waals surface area (Å²) in [4.78, 5) is 2.15. The average Bonchev–Trinajstić information content (AvgIpc) is 2.17. The van der Waals surface area contributed by atoms with Gasteiger partial charge < -0.3 is 5.11 Å². The van der Waals surface area contributed by atoms with E-state index in [9.17, 15) is 5.11 Å². The van der Waals surface area contributed by atoms with Crippen molar-refractivity contribution in [1.82, 2.24) is 4.90 Å². The summed E-state index contributed by atoms with van der Waals surface area (Å²) >= 11 is 0. The van der Waals surface area contributed by atoms with E-state index in [2.05, 4.69) is 43.0 Å². The highest BCUT2D eigenvalue weighted by Crippen LogP contribution is 2.12. The van der Waals surface area contributed by atoms with Crippen LogP contribution in [0, 0.1) is 5.92 Å². The third kappa shape index (κ3) is 6.18. The average molecular weight is 249 g/mol. The minimum Gasteiger partial charge on any atom is -0.389 e. The van der Waals surface area contributed by atoms with Gasteiger partial charge in [-0.15, -0.1) is 0 Å². The molecule has 0 unspecified atom stereocenters. The molecule has 102 valence electrons. The summed E-state index contributed by atoms with van der Waals surface area (Å²) in [6.07, 6.45) is 1.14. The van der Waals surface area contributed by atoms with E-state index in [0.717, 1.165) is 13.0 Å². The molecule has 0 radical (unpaired) electrons. The van der Waals surface area contributed by atoms with Gasteiger partial charge >= 0.3 is 0 Å². The molecular formula is C16H27NO. The summed E-state index contributed by atoms with van der Waals surface area (Å²) in [6, 6.07) is 8.82. The third-order valence-electron chi connectivity index (χ3n) is 2.78. The molecule has 0 saturated heterocycles. The highest BCUT2D eigenvalue weighted by atomic mass is 16.3. The Morgan fingerprint density at radius 2 is 1.61 bits per heavy atom. The number of rotatable bonds is 6. The lowest BCUT2D eigenvalue weighted by atomic mass is 10.0. The van der Waals surface area contributed by atoms with Gasteiger partial charge in [0.25, 0.3) is 0 Å². The zero-order valence-corrected chi connectivity index (χ0v) is 12.4. The Labute approximate surface area is 112 Å². The minimum atomic E-state index is -0.633. The molecule has 0 bridgehead atoms. The van der Waals surface area contributed by atoms with Crippen LogP contribution in [-0.4, -0.2) is 29.2 Å². The first-order valence-corrected chi connectivity index (χ1v) is 6.75. The molecule has 0 amide bonds. The molecule has 18 heavy (non-hydrogen) atoms. The smallest absolute Gasteiger partial charge is 0.0718 e. The Balaban J connectivity index is 2.53. The Morgan fingerprint density at radius 1 is 1.11 bits per heavy atom. The van der Waals surface area contributed by atoms with Gasteiger partial charge in [-0.3, -0.25) is 4.90 Å². The van der Waals surface area contributed by atoms with Gasteiger partial charge in [0.15, 0.2) is 0 Å². The fraction of sp³-hybridized carbons (Fsp3) is 0.625. The number of benzene rings is 1. The second kappa shape index (κ2) is 6.35. The van der Waals surface area contributed by atoms with Gasteiger partial charge in [0.2, 0.25) is 0 Å². The van der Waals surface area contributed by atoms with Gasteiger partial charge in [-0.05, 0) is 44.4 Å². The third-order valence-corrected chi connectivity index (χ3v) is 2.78. The SMILES string of the molecule is CC(C)Cc1ccc(CN(C)CC(C)(C)O)cc1. The summed E-state index contributed by atoms with van der Waals surface area (Å²) in [5.74, 6) is 0.703. The number of nitrogens with zero attached hydrogens (tertiary/aromatic N) is 1. The topological polar surface area (TPSA) is 23.5 Å². The molecule has 0 aliphatic rings. The predicted octanol–water partition coefficient (Wildman–Crippen LogP) is 3.09. The predicted molar refractivity (Wildman–Crippen MR) is 77.6 cm³/mol. The van der Waals surface area contributed by atoms with E-state index in [1.54, 1.807) is 0 Å². The Kier molecular flexibility index (Phi) is 5.36. The van der Waals surface area contributed by atoms with E-state index >= 15 is 0 Å². The number of likely N-dealkylation sites (N-methyl/N-ethyl adjacent to an activating group) is 1. The van der Waals surface area contributed by atoms with Gasteiger partial charge in [-0.25, -0.2) is 0 Å². The fourth-order valence-corrected chi connectivity index (χ4v) is 2.28. The van der Waals surface area contributed by atoms with Crippen LogP contribution in [0.4, 0.5) is 0 Å². The van der Waals surface area contributed by atoms with Crippen LogP contribution >= 0.6 is 0 Å². The lowest BCUT2D eigenvalue weighted by Crippen LogP contribution is -2.35. The molecule has 0 fully saturated rings. The first-order valence-electron chi connectivity index (χ1n) is 6.75. The lowest BCUT2D eigenvalue weighted by molar-refractivity contribution is 0.0425. The quantitative estimate of drug-likeness (QED) is 0.837. The molecular weight excluding hydrogens is 222 g/mol. The summed E-state index contributed by atoms with van der Waals surface area (Å²) in [5.41, 5.74) is 2.07. The number of hydrogen-bond acceptors (Lipinski definition) is 2. The summed E-state index contributed by atoms with van der Waals surface area (Å²) < 4.78 is 0. The molecule has 0 saturated carbocycles. The van der Waals surface area contributed by atoms with Crippen LogP contribution in [0.3, 0.4) is 0 Å². The maximum atomic E-state index is 9.77. The second-order valence-electron chi connectivity index (χ2n) is 6.40. The van der Waals surface area contributed by atoms with Gasteiger partial charge in [0.05, 0.1) is 5.60 Å². The molecule has 1 aromatic carbocycles. The maximum absolute atomic E-state index is 9.77. The molecule has 0 atom stereocenters. The zero-order chi connectivity index (χ0) is 13.8. The van der Waals surface area contributed by atoms with Crippen molar-refractivity contribution < 1.29 is 5.11 Å². The van der Waals surface area contributed by atoms with E-state index < -0.39 is 5.60 Å². The standard InChI is InChI=1S/C16H27NO/c1-13(2)10-14-6-8-15(9-7-14)11-17(5)12-16(3,4)18/h6-9,13,18H,10-12H2,1-5H3. The van der Waals surface area contributed by atoms with Crippen LogP contribution in [0.15, 0.2) is 24.3 Å². The van der Waals surface area contributed by atoms with E-state index in [-0.39, 0.29) is 0 Å². The molecule has 1 rings (SSSR count). The second-order valence-corrected chi connectivity index (χ2v) is 6.40. The van der Waals surface area contributed by atoms with Crippen molar-refractivity contribution in [3.63, 3.8) is 0 Å². The fourth-order valence-electron chi connectivity index (χ4n) is 2.28. The van der Waals surface area contributed by atoms with Crippen molar-refractivity contribution in [2.45, 2.75) is 46.3 Å². The van der Waals surface area contributed by atoms with Crippen LogP contribution in [-0.2, 0) is 13.0 Å². The lowest BCUT2D eigenvalue weighted by Gasteiger charge is -2.25. The van der Waals surface area contributed by atoms with Crippen LogP contribution in [0.2, 0.25) is 0 Å². The van der Waals surface area contributed by atoms with Gasteiger partial charge in [-0.2, -0.15) is 0 Å². The van der Waals surface area contributed by atoms with Crippen LogP contribution in [0.5, 0.6) is 0 Å². The van der Waals surface area contributed by atoms with Gasteiger partial charge in [0.1, 0.15) is 0 Å². The van der Waals surface area contributed by atoms with Gasteiger partial charge in [0, 0.05) is 13.1 Å². The summed E-state index contributed by atoms with van der Waals surface area (Å²) in [6.45, 7) is 9.73. The molecule has 2 nitrogen and oxygen atoms in total. The van der Waals surface area contributed by atoms with Crippen LogP contribution in [0.1, 0.15) is 38.8 Å². The van der Waals surface area contributed by atoms with Crippen LogP contribution < -0.4 is 0 Å². The highest BCUT2D eigenvalue weighted by molar-refractivity contribution is 5.22. The Hall–Kier alpha value is -0.860. The van der Waals surface area contributed by atoms with Crippen molar-refractivity contribution in [3.8, 4) is 0 Å². The first kappa shape index (κ1) is 15.2. The van der Waals surface area contributed by atoms with Crippen LogP contribution in [0.25, 0.3) is 0 Å². The van der Waals surface area contributed by atoms with Gasteiger partial charge in [-0.1, -0.05) is 38.1 Å². The summed E-state index contributed by atoms with van der Waals surface area (Å²) in [5, 5.41) is 9.77. The molecule has 0 aromatic heterocycles. The maximum Gasteiger partial charge on any atom is 0.0718 e. The number of aliphatic hydroxyl groups is 1. The molecule has 2 heteroatoms. The zero-order valence-electron chi connectivity index (χ0n) is 12.4. The Morgan fingerprint density at radius 3 is 2.06 bits per heavy atom. The first-order chi connectivity index (χ1) is 8.26.